The molecule has 7 heteroatoms. The first-order chi connectivity index (χ1) is 11.6. The summed E-state index contributed by atoms with van der Waals surface area (Å²) in [7, 11) is 0. The standard InChI is InChI=1S/C18H19F2N3O2/c1-11-8-9-12(10-21-11)17(25)23(18(2,3)4)22-16(24)15-13(19)6-5-7-14(15)20/h5-10H,1-4H3,(H,22,24). The molecule has 0 unspecified atom stereocenters. The van der Waals surface area contributed by atoms with E-state index in [0.717, 1.165) is 28.9 Å². The van der Waals surface area contributed by atoms with Crippen molar-refractivity contribution in [1.82, 2.24) is 15.4 Å². The highest BCUT2D eigenvalue weighted by Crippen LogP contribution is 2.17. The molecule has 1 aromatic heterocycles. The van der Waals surface area contributed by atoms with Gasteiger partial charge in [0.25, 0.3) is 11.8 Å². The number of rotatable bonds is 2. The van der Waals surface area contributed by atoms with Crippen LogP contribution in [0.4, 0.5) is 8.78 Å². The summed E-state index contributed by atoms with van der Waals surface area (Å²) in [5, 5.41) is 1.04. The molecule has 25 heavy (non-hydrogen) atoms. The molecular weight excluding hydrogens is 328 g/mol. The van der Waals surface area contributed by atoms with Crippen molar-refractivity contribution in [2.75, 3.05) is 0 Å². The third kappa shape index (κ3) is 4.17. The van der Waals surface area contributed by atoms with E-state index in [1.807, 2.05) is 0 Å². The Morgan fingerprint density at radius 3 is 2.16 bits per heavy atom. The van der Waals surface area contributed by atoms with Gasteiger partial charge in [-0.25, -0.2) is 13.8 Å². The number of aromatic nitrogens is 1. The summed E-state index contributed by atoms with van der Waals surface area (Å²) in [4.78, 5) is 29.1. The van der Waals surface area contributed by atoms with E-state index in [1.165, 1.54) is 6.20 Å². The summed E-state index contributed by atoms with van der Waals surface area (Å²) in [6.07, 6.45) is 1.38. The van der Waals surface area contributed by atoms with Crippen LogP contribution >= 0.6 is 0 Å². The Kier molecular flexibility index (Phi) is 5.15. The van der Waals surface area contributed by atoms with E-state index in [9.17, 15) is 18.4 Å². The summed E-state index contributed by atoms with van der Waals surface area (Å²) in [6.45, 7) is 6.83. The minimum atomic E-state index is -1.04. The summed E-state index contributed by atoms with van der Waals surface area (Å²) in [5.74, 6) is -3.59. The van der Waals surface area contributed by atoms with Crippen molar-refractivity contribution in [3.05, 3.63) is 65.0 Å². The number of pyridine rings is 1. The number of nitrogens with zero attached hydrogens (tertiary/aromatic N) is 2. The lowest BCUT2D eigenvalue weighted by molar-refractivity contribution is 0.0355. The fourth-order valence-electron chi connectivity index (χ4n) is 2.12. The Hall–Kier alpha value is -2.83. The molecule has 1 heterocycles. The molecule has 0 saturated heterocycles. The number of nitrogens with one attached hydrogen (secondary N) is 1. The molecule has 0 fully saturated rings. The molecule has 0 bridgehead atoms. The number of hydrogen-bond donors (Lipinski definition) is 1. The Balaban J connectivity index is 2.34. The van der Waals surface area contributed by atoms with E-state index >= 15 is 0 Å². The minimum Gasteiger partial charge on any atom is -0.267 e. The van der Waals surface area contributed by atoms with Crippen molar-refractivity contribution in [3.63, 3.8) is 0 Å². The van der Waals surface area contributed by atoms with Gasteiger partial charge >= 0.3 is 0 Å². The molecule has 0 aliphatic rings. The summed E-state index contributed by atoms with van der Waals surface area (Å²) in [5.41, 5.74) is 1.70. The molecule has 132 valence electrons. The average Bonchev–Trinajstić information content (AvgIpc) is 2.51. The van der Waals surface area contributed by atoms with Crippen LogP contribution in [0.15, 0.2) is 36.5 Å². The fourth-order valence-corrected chi connectivity index (χ4v) is 2.12. The molecule has 2 aromatic rings. The van der Waals surface area contributed by atoms with Gasteiger partial charge in [0.05, 0.1) is 11.1 Å². The molecule has 0 atom stereocenters. The number of hydrazine groups is 1. The van der Waals surface area contributed by atoms with Gasteiger partial charge in [-0.2, -0.15) is 0 Å². The van der Waals surface area contributed by atoms with Gasteiger partial charge in [-0.05, 0) is 52.0 Å². The molecule has 2 rings (SSSR count). The monoisotopic (exact) mass is 347 g/mol. The molecule has 0 radical (unpaired) electrons. The quantitative estimate of drug-likeness (QED) is 0.848. The molecule has 1 N–H and O–H groups in total. The Bertz CT molecular complexity index is 779. The lowest BCUT2D eigenvalue weighted by Gasteiger charge is -2.35. The van der Waals surface area contributed by atoms with Crippen molar-refractivity contribution < 1.29 is 18.4 Å². The summed E-state index contributed by atoms with van der Waals surface area (Å²) in [6, 6.07) is 6.34. The largest absolute Gasteiger partial charge is 0.275 e. The predicted molar refractivity (Wildman–Crippen MR) is 88.7 cm³/mol. The highest BCUT2D eigenvalue weighted by Gasteiger charge is 2.31. The van der Waals surface area contributed by atoms with Gasteiger partial charge in [-0.1, -0.05) is 6.07 Å². The molecule has 0 aliphatic carbocycles. The first kappa shape index (κ1) is 18.5. The van der Waals surface area contributed by atoms with Gasteiger partial charge in [-0.3, -0.25) is 20.0 Å². The van der Waals surface area contributed by atoms with Crippen LogP contribution in [-0.2, 0) is 0 Å². The van der Waals surface area contributed by atoms with Gasteiger partial charge in [0.2, 0.25) is 0 Å². The van der Waals surface area contributed by atoms with Crippen LogP contribution in [0.5, 0.6) is 0 Å². The van der Waals surface area contributed by atoms with E-state index in [0.29, 0.717) is 0 Å². The summed E-state index contributed by atoms with van der Waals surface area (Å²) >= 11 is 0. The van der Waals surface area contributed by atoms with Gasteiger partial charge in [0, 0.05) is 11.9 Å². The van der Waals surface area contributed by atoms with Crippen LogP contribution in [0, 0.1) is 18.6 Å². The zero-order valence-electron chi connectivity index (χ0n) is 14.4. The fraction of sp³-hybridized carbons (Fsp3) is 0.278. The van der Waals surface area contributed by atoms with Crippen molar-refractivity contribution in [3.8, 4) is 0 Å². The second-order valence-corrected chi connectivity index (χ2v) is 6.54. The predicted octanol–water partition coefficient (Wildman–Crippen LogP) is 3.25. The SMILES string of the molecule is Cc1ccc(C(=O)N(NC(=O)c2c(F)cccc2F)C(C)(C)C)cn1. The maximum absolute atomic E-state index is 13.8. The maximum atomic E-state index is 13.8. The lowest BCUT2D eigenvalue weighted by Crippen LogP contribution is -2.56. The Morgan fingerprint density at radius 1 is 1.08 bits per heavy atom. The zero-order chi connectivity index (χ0) is 18.8. The second-order valence-electron chi connectivity index (χ2n) is 6.54. The molecule has 0 aliphatic heterocycles. The topological polar surface area (TPSA) is 62.3 Å². The van der Waals surface area contributed by atoms with Gasteiger partial charge in [-0.15, -0.1) is 0 Å². The van der Waals surface area contributed by atoms with Gasteiger partial charge in [0.15, 0.2) is 0 Å². The normalized spacial score (nSPS) is 11.1. The molecular formula is C18H19F2N3O2. The average molecular weight is 347 g/mol. The first-order valence-electron chi connectivity index (χ1n) is 7.63. The van der Waals surface area contributed by atoms with E-state index in [4.69, 9.17) is 0 Å². The molecule has 1 aromatic carbocycles. The number of halogens is 2. The molecule has 0 saturated carbocycles. The first-order valence-corrected chi connectivity index (χ1v) is 7.63. The number of carbonyl (C=O) groups excluding carboxylic acids is 2. The summed E-state index contributed by atoms with van der Waals surface area (Å²) < 4.78 is 27.6. The Morgan fingerprint density at radius 2 is 1.68 bits per heavy atom. The number of carbonyl (C=O) groups is 2. The van der Waals surface area contributed by atoms with Crippen LogP contribution in [0.25, 0.3) is 0 Å². The Labute approximate surface area is 144 Å². The van der Waals surface area contributed by atoms with Gasteiger partial charge in [0.1, 0.15) is 17.2 Å². The van der Waals surface area contributed by atoms with Crippen LogP contribution in [-0.4, -0.2) is 27.3 Å². The van der Waals surface area contributed by atoms with Crippen molar-refractivity contribution >= 4 is 11.8 Å². The van der Waals surface area contributed by atoms with Crippen molar-refractivity contribution in [2.45, 2.75) is 33.2 Å². The van der Waals surface area contributed by atoms with E-state index in [-0.39, 0.29) is 5.56 Å². The van der Waals surface area contributed by atoms with E-state index in [1.54, 1.807) is 39.8 Å². The maximum Gasteiger partial charge on any atom is 0.275 e. The van der Waals surface area contributed by atoms with Crippen molar-refractivity contribution in [1.29, 1.82) is 0 Å². The highest BCUT2D eigenvalue weighted by atomic mass is 19.1. The minimum absolute atomic E-state index is 0.245. The molecule has 0 spiro atoms. The van der Waals surface area contributed by atoms with Crippen LogP contribution < -0.4 is 5.43 Å². The second kappa shape index (κ2) is 6.96. The molecule has 2 amide bonds. The van der Waals surface area contributed by atoms with E-state index in [2.05, 4.69) is 10.4 Å². The number of aryl methyl sites for hydroxylation is 1. The molecule has 5 nitrogen and oxygen atoms in total. The third-order valence-corrected chi connectivity index (χ3v) is 3.44. The van der Waals surface area contributed by atoms with Crippen molar-refractivity contribution in [2.24, 2.45) is 0 Å². The number of amides is 2. The third-order valence-electron chi connectivity index (χ3n) is 3.44. The van der Waals surface area contributed by atoms with Gasteiger partial charge < -0.3 is 0 Å². The smallest absolute Gasteiger partial charge is 0.267 e. The van der Waals surface area contributed by atoms with Crippen LogP contribution in [0.2, 0.25) is 0 Å². The van der Waals surface area contributed by atoms with Crippen LogP contribution in [0.1, 0.15) is 47.2 Å². The number of hydrogen-bond acceptors (Lipinski definition) is 3. The highest BCUT2D eigenvalue weighted by molar-refractivity contribution is 5.99. The van der Waals surface area contributed by atoms with Crippen LogP contribution in [0.3, 0.4) is 0 Å². The lowest BCUT2D eigenvalue weighted by atomic mass is 10.1. The van der Waals surface area contributed by atoms with E-state index < -0.39 is 34.6 Å². The number of benzene rings is 1. The zero-order valence-corrected chi connectivity index (χ0v) is 14.4.